The van der Waals surface area contributed by atoms with E-state index in [4.69, 9.17) is 0 Å². The molecule has 1 amide bonds. The zero-order valence-corrected chi connectivity index (χ0v) is 12.7. The van der Waals surface area contributed by atoms with Crippen LogP contribution in [0.25, 0.3) is 6.08 Å². The number of nitrogens with one attached hydrogen (secondary N) is 1. The minimum atomic E-state index is -4.43. The van der Waals surface area contributed by atoms with Gasteiger partial charge >= 0.3 is 6.18 Å². The van der Waals surface area contributed by atoms with Gasteiger partial charge in [0, 0.05) is 11.8 Å². The van der Waals surface area contributed by atoms with Gasteiger partial charge in [-0.2, -0.15) is 13.2 Å². The van der Waals surface area contributed by atoms with Crippen LogP contribution in [0.3, 0.4) is 0 Å². The van der Waals surface area contributed by atoms with Crippen molar-refractivity contribution in [3.05, 3.63) is 70.8 Å². The molecule has 0 fully saturated rings. The number of benzene rings is 2. The van der Waals surface area contributed by atoms with E-state index >= 15 is 0 Å². The summed E-state index contributed by atoms with van der Waals surface area (Å²) in [6.07, 6.45) is -1.49. The maximum atomic E-state index is 12.6. The van der Waals surface area contributed by atoms with Crippen molar-refractivity contribution < 1.29 is 18.0 Å². The molecule has 0 saturated carbocycles. The Labute approximate surface area is 132 Å². The van der Waals surface area contributed by atoms with Crippen LogP contribution in [0.2, 0.25) is 0 Å². The monoisotopic (exact) mass is 319 g/mol. The first-order valence-electron chi connectivity index (χ1n) is 6.99. The van der Waals surface area contributed by atoms with Crippen LogP contribution in [-0.2, 0) is 11.0 Å². The van der Waals surface area contributed by atoms with Gasteiger partial charge in [0.1, 0.15) is 0 Å². The highest BCUT2D eigenvalue weighted by atomic mass is 19.4. The van der Waals surface area contributed by atoms with Crippen LogP contribution in [0.5, 0.6) is 0 Å². The first-order valence-corrected chi connectivity index (χ1v) is 6.99. The highest BCUT2D eigenvalue weighted by Crippen LogP contribution is 2.30. The lowest BCUT2D eigenvalue weighted by Crippen LogP contribution is -2.10. The fourth-order valence-electron chi connectivity index (χ4n) is 2.14. The topological polar surface area (TPSA) is 29.1 Å². The van der Waals surface area contributed by atoms with Crippen LogP contribution in [0.1, 0.15) is 22.3 Å². The second-order valence-electron chi connectivity index (χ2n) is 5.26. The molecule has 0 bridgehead atoms. The van der Waals surface area contributed by atoms with Crippen molar-refractivity contribution in [1.82, 2.24) is 0 Å². The fourth-order valence-corrected chi connectivity index (χ4v) is 2.14. The van der Waals surface area contributed by atoms with Crippen molar-refractivity contribution in [2.24, 2.45) is 0 Å². The van der Waals surface area contributed by atoms with Crippen molar-refractivity contribution in [3.8, 4) is 0 Å². The Morgan fingerprint density at radius 3 is 2.48 bits per heavy atom. The first kappa shape index (κ1) is 16.8. The molecule has 2 rings (SSSR count). The fraction of sp³-hybridized carbons (Fsp3) is 0.167. The molecule has 23 heavy (non-hydrogen) atoms. The summed E-state index contributed by atoms with van der Waals surface area (Å²) < 4.78 is 37.9. The van der Waals surface area contributed by atoms with E-state index in [2.05, 4.69) is 5.32 Å². The molecule has 1 N–H and O–H groups in total. The number of carbonyl (C=O) groups excluding carboxylic acids is 1. The Balaban J connectivity index is 2.09. The quantitative estimate of drug-likeness (QED) is 0.795. The van der Waals surface area contributed by atoms with E-state index < -0.39 is 17.6 Å². The van der Waals surface area contributed by atoms with E-state index in [1.165, 1.54) is 18.2 Å². The zero-order valence-electron chi connectivity index (χ0n) is 12.7. The SMILES string of the molecule is Cc1ccc(C=CC(=O)Nc2cccc(C(F)(F)F)c2)c(C)c1. The van der Waals surface area contributed by atoms with Gasteiger partial charge in [0.15, 0.2) is 0 Å². The normalized spacial score (nSPS) is 11.7. The lowest BCUT2D eigenvalue weighted by atomic mass is 10.1. The molecular weight excluding hydrogens is 303 g/mol. The van der Waals surface area contributed by atoms with Gasteiger partial charge in [-0.1, -0.05) is 29.8 Å². The number of aryl methyl sites for hydroxylation is 2. The largest absolute Gasteiger partial charge is 0.416 e. The van der Waals surface area contributed by atoms with Crippen molar-refractivity contribution in [2.75, 3.05) is 5.32 Å². The lowest BCUT2D eigenvalue weighted by molar-refractivity contribution is -0.137. The minimum Gasteiger partial charge on any atom is -0.322 e. The molecule has 0 aliphatic carbocycles. The van der Waals surface area contributed by atoms with Crippen LogP contribution < -0.4 is 5.32 Å². The molecule has 0 aromatic heterocycles. The first-order chi connectivity index (χ1) is 10.8. The van der Waals surface area contributed by atoms with E-state index in [9.17, 15) is 18.0 Å². The van der Waals surface area contributed by atoms with Gasteiger partial charge < -0.3 is 5.32 Å². The van der Waals surface area contributed by atoms with Gasteiger partial charge in [0.05, 0.1) is 5.56 Å². The Morgan fingerprint density at radius 1 is 1.09 bits per heavy atom. The molecule has 0 atom stereocenters. The predicted molar refractivity (Wildman–Crippen MR) is 85.0 cm³/mol. The third-order valence-corrected chi connectivity index (χ3v) is 3.30. The summed E-state index contributed by atoms with van der Waals surface area (Å²) in [5, 5.41) is 2.43. The molecule has 0 aliphatic heterocycles. The molecule has 0 heterocycles. The number of alkyl halides is 3. The van der Waals surface area contributed by atoms with Gasteiger partial charge in [-0.25, -0.2) is 0 Å². The van der Waals surface area contributed by atoms with Crippen molar-refractivity contribution in [2.45, 2.75) is 20.0 Å². The second kappa shape index (κ2) is 6.69. The summed E-state index contributed by atoms with van der Waals surface area (Å²) in [4.78, 5) is 11.8. The third kappa shape index (κ3) is 4.71. The Bertz CT molecular complexity index is 748. The van der Waals surface area contributed by atoms with Crippen LogP contribution in [0.15, 0.2) is 48.5 Å². The van der Waals surface area contributed by atoms with Gasteiger partial charge in [0.2, 0.25) is 5.91 Å². The second-order valence-corrected chi connectivity index (χ2v) is 5.26. The summed E-state index contributed by atoms with van der Waals surface area (Å²) in [6.45, 7) is 3.90. The Kier molecular flexibility index (Phi) is 4.89. The molecular formula is C18H16F3NO. The molecule has 2 aromatic rings. The molecule has 0 aliphatic rings. The highest BCUT2D eigenvalue weighted by molar-refractivity contribution is 6.02. The van der Waals surface area contributed by atoms with Crippen LogP contribution in [0, 0.1) is 13.8 Å². The zero-order chi connectivity index (χ0) is 17.0. The number of halogens is 3. The lowest BCUT2D eigenvalue weighted by Gasteiger charge is -2.08. The minimum absolute atomic E-state index is 0.107. The average Bonchev–Trinajstić information content (AvgIpc) is 2.45. The average molecular weight is 319 g/mol. The molecule has 0 spiro atoms. The van der Waals surface area contributed by atoms with Gasteiger partial charge in [-0.3, -0.25) is 4.79 Å². The van der Waals surface area contributed by atoms with Crippen molar-refractivity contribution in [3.63, 3.8) is 0 Å². The number of amides is 1. The molecule has 120 valence electrons. The molecule has 0 radical (unpaired) electrons. The molecule has 2 aromatic carbocycles. The van der Waals surface area contributed by atoms with E-state index in [0.29, 0.717) is 0 Å². The smallest absolute Gasteiger partial charge is 0.322 e. The highest BCUT2D eigenvalue weighted by Gasteiger charge is 2.30. The maximum Gasteiger partial charge on any atom is 0.416 e. The van der Waals surface area contributed by atoms with Gasteiger partial charge in [0.25, 0.3) is 0 Å². The van der Waals surface area contributed by atoms with Crippen LogP contribution in [-0.4, -0.2) is 5.91 Å². The van der Waals surface area contributed by atoms with E-state index in [0.717, 1.165) is 28.8 Å². The van der Waals surface area contributed by atoms with E-state index in [-0.39, 0.29) is 5.69 Å². The van der Waals surface area contributed by atoms with Crippen molar-refractivity contribution >= 4 is 17.7 Å². The number of rotatable bonds is 3. The van der Waals surface area contributed by atoms with Gasteiger partial charge in [-0.15, -0.1) is 0 Å². The number of hydrogen-bond acceptors (Lipinski definition) is 1. The Morgan fingerprint density at radius 2 is 1.83 bits per heavy atom. The predicted octanol–water partition coefficient (Wildman–Crippen LogP) is 4.97. The third-order valence-electron chi connectivity index (χ3n) is 3.30. The van der Waals surface area contributed by atoms with Crippen LogP contribution in [0.4, 0.5) is 18.9 Å². The van der Waals surface area contributed by atoms with E-state index in [1.54, 1.807) is 6.08 Å². The Hall–Kier alpha value is -2.56. The standard InChI is InChI=1S/C18H16F3NO/c1-12-6-7-14(13(2)10-12)8-9-17(23)22-16-5-3-4-15(11-16)18(19,20)21/h3-11H,1-2H3,(H,22,23). The summed E-state index contributed by atoms with van der Waals surface area (Å²) >= 11 is 0. The summed E-state index contributed by atoms with van der Waals surface area (Å²) in [5.41, 5.74) is 2.33. The summed E-state index contributed by atoms with van der Waals surface area (Å²) in [6, 6.07) is 10.3. The maximum absolute atomic E-state index is 12.6. The van der Waals surface area contributed by atoms with E-state index in [1.807, 2.05) is 32.0 Å². The summed E-state index contributed by atoms with van der Waals surface area (Å²) in [7, 11) is 0. The number of anilines is 1. The summed E-state index contributed by atoms with van der Waals surface area (Å²) in [5.74, 6) is -0.482. The molecule has 5 heteroatoms. The van der Waals surface area contributed by atoms with Gasteiger partial charge in [-0.05, 0) is 49.2 Å². The van der Waals surface area contributed by atoms with Crippen molar-refractivity contribution in [1.29, 1.82) is 0 Å². The van der Waals surface area contributed by atoms with Crippen LogP contribution >= 0.6 is 0 Å². The molecule has 2 nitrogen and oxygen atoms in total. The number of carbonyl (C=O) groups is 1. The molecule has 0 saturated heterocycles. The molecule has 0 unspecified atom stereocenters. The number of hydrogen-bond donors (Lipinski definition) is 1.